The molecule has 5 nitrogen and oxygen atoms in total. The molecule has 0 aliphatic carbocycles. The molecule has 2 aromatic rings. The molecule has 0 radical (unpaired) electrons. The van der Waals surface area contributed by atoms with Crippen LogP contribution in [0.25, 0.3) is 10.8 Å². The molecule has 0 aliphatic heterocycles. The van der Waals surface area contributed by atoms with Gasteiger partial charge in [-0.3, -0.25) is 9.78 Å². The second-order valence-corrected chi connectivity index (χ2v) is 4.28. The Kier molecular flexibility index (Phi) is 3.62. The molecule has 0 saturated carbocycles. The van der Waals surface area contributed by atoms with E-state index in [9.17, 15) is 9.18 Å². The molecule has 100 valence electrons. The van der Waals surface area contributed by atoms with Gasteiger partial charge < -0.3 is 16.2 Å². The van der Waals surface area contributed by atoms with Crippen LogP contribution in [-0.4, -0.2) is 28.6 Å². The Bertz CT molecular complexity index is 629. The molecule has 1 atom stereocenters. The summed E-state index contributed by atoms with van der Waals surface area (Å²) in [5.41, 5.74) is 6.12. The van der Waals surface area contributed by atoms with E-state index in [0.29, 0.717) is 0 Å². The van der Waals surface area contributed by atoms with Crippen LogP contribution in [0, 0.1) is 5.82 Å². The second-order valence-electron chi connectivity index (χ2n) is 4.28. The molecule has 0 saturated heterocycles. The maximum absolute atomic E-state index is 13.7. The first-order valence-corrected chi connectivity index (χ1v) is 5.79. The minimum absolute atomic E-state index is 0.0511. The molecule has 0 aliphatic rings. The summed E-state index contributed by atoms with van der Waals surface area (Å²) < 4.78 is 13.7. The average Bonchev–Trinajstić information content (AvgIpc) is 2.39. The monoisotopic (exact) mass is 263 g/mol. The molecule has 1 aromatic carbocycles. The van der Waals surface area contributed by atoms with Gasteiger partial charge in [-0.2, -0.15) is 0 Å². The number of carbonyl (C=O) groups excluding carboxylic acids is 1. The highest BCUT2D eigenvalue weighted by Crippen LogP contribution is 2.25. The van der Waals surface area contributed by atoms with Crippen molar-refractivity contribution in [1.82, 2.24) is 10.3 Å². The van der Waals surface area contributed by atoms with E-state index in [1.807, 2.05) is 0 Å². The summed E-state index contributed by atoms with van der Waals surface area (Å²) in [5, 5.41) is 12.2. The normalized spacial score (nSPS) is 12.4. The summed E-state index contributed by atoms with van der Waals surface area (Å²) in [6.07, 6.45) is 0.676. The predicted octanol–water partition coefficient (Wildman–Crippen LogP) is 1.07. The lowest BCUT2D eigenvalue weighted by Crippen LogP contribution is -2.31. The van der Waals surface area contributed by atoms with Gasteiger partial charge in [0.1, 0.15) is 11.5 Å². The number of pyridine rings is 1. The zero-order valence-corrected chi connectivity index (χ0v) is 10.4. The third kappa shape index (κ3) is 2.63. The van der Waals surface area contributed by atoms with E-state index < -0.39 is 17.8 Å². The molecule has 4 N–H and O–H groups in total. The molecule has 1 amide bonds. The van der Waals surface area contributed by atoms with E-state index >= 15 is 0 Å². The van der Waals surface area contributed by atoms with E-state index in [-0.39, 0.29) is 28.7 Å². The van der Waals surface area contributed by atoms with Crippen molar-refractivity contribution in [2.45, 2.75) is 13.0 Å². The number of amides is 1. The molecule has 0 bridgehead atoms. The Morgan fingerprint density at radius 1 is 1.53 bits per heavy atom. The van der Waals surface area contributed by atoms with Crippen LogP contribution in [0.5, 0.6) is 0 Å². The van der Waals surface area contributed by atoms with Crippen LogP contribution in [0.15, 0.2) is 24.4 Å². The molecule has 6 heteroatoms. The molecule has 1 unspecified atom stereocenters. The Balaban J connectivity index is 2.49. The first-order chi connectivity index (χ1) is 9.00. The third-order valence-electron chi connectivity index (χ3n) is 2.68. The van der Waals surface area contributed by atoms with Gasteiger partial charge >= 0.3 is 0 Å². The van der Waals surface area contributed by atoms with Crippen molar-refractivity contribution in [1.29, 1.82) is 0 Å². The molecular weight excluding hydrogens is 249 g/mol. The quantitative estimate of drug-likeness (QED) is 0.723. The van der Waals surface area contributed by atoms with E-state index in [4.69, 9.17) is 10.8 Å². The van der Waals surface area contributed by atoms with Crippen molar-refractivity contribution in [2.75, 3.05) is 12.3 Å². The van der Waals surface area contributed by atoms with Crippen LogP contribution in [0.4, 0.5) is 10.1 Å². The molecule has 0 spiro atoms. The smallest absolute Gasteiger partial charge is 0.270 e. The molecule has 2 rings (SSSR count). The van der Waals surface area contributed by atoms with Gasteiger partial charge in [0.25, 0.3) is 5.91 Å². The van der Waals surface area contributed by atoms with Crippen LogP contribution < -0.4 is 11.1 Å². The number of benzene rings is 1. The topological polar surface area (TPSA) is 88.2 Å². The number of fused-ring (bicyclic) bond motifs is 1. The highest BCUT2D eigenvalue weighted by atomic mass is 19.1. The van der Waals surface area contributed by atoms with E-state index in [0.717, 1.165) is 0 Å². The molecule has 0 fully saturated rings. The van der Waals surface area contributed by atoms with Gasteiger partial charge in [-0.15, -0.1) is 0 Å². The Morgan fingerprint density at radius 3 is 2.95 bits per heavy atom. The summed E-state index contributed by atoms with van der Waals surface area (Å²) in [6.45, 7) is 1.64. The van der Waals surface area contributed by atoms with Crippen molar-refractivity contribution < 1.29 is 14.3 Å². The summed E-state index contributed by atoms with van der Waals surface area (Å²) in [4.78, 5) is 15.9. The van der Waals surface area contributed by atoms with Gasteiger partial charge in [0.2, 0.25) is 0 Å². The van der Waals surface area contributed by atoms with Gasteiger partial charge in [-0.05, 0) is 25.1 Å². The third-order valence-corrected chi connectivity index (χ3v) is 2.68. The van der Waals surface area contributed by atoms with E-state index in [1.54, 1.807) is 6.92 Å². The zero-order chi connectivity index (χ0) is 14.0. The van der Waals surface area contributed by atoms with Gasteiger partial charge in [-0.25, -0.2) is 4.39 Å². The zero-order valence-electron chi connectivity index (χ0n) is 10.4. The van der Waals surface area contributed by atoms with Crippen LogP contribution in [0.2, 0.25) is 0 Å². The van der Waals surface area contributed by atoms with Crippen molar-refractivity contribution in [2.24, 2.45) is 0 Å². The minimum atomic E-state index is -0.673. The van der Waals surface area contributed by atoms with Crippen molar-refractivity contribution in [3.05, 3.63) is 35.9 Å². The van der Waals surface area contributed by atoms with Crippen LogP contribution in [-0.2, 0) is 0 Å². The van der Waals surface area contributed by atoms with Crippen LogP contribution in [0.1, 0.15) is 17.4 Å². The summed E-state index contributed by atoms with van der Waals surface area (Å²) in [5.74, 6) is -0.958. The lowest BCUT2D eigenvalue weighted by atomic mass is 10.1. The summed E-state index contributed by atoms with van der Waals surface area (Å²) >= 11 is 0. The minimum Gasteiger partial charge on any atom is -0.398 e. The molecule has 19 heavy (non-hydrogen) atoms. The largest absolute Gasteiger partial charge is 0.398 e. The summed E-state index contributed by atoms with van der Waals surface area (Å²) in [6, 6.07) is 4.10. The van der Waals surface area contributed by atoms with Gasteiger partial charge in [0.05, 0.1) is 6.10 Å². The SMILES string of the molecule is CC(O)CNC(=O)c1nccc2c(F)ccc(N)c12. The second kappa shape index (κ2) is 5.19. The highest BCUT2D eigenvalue weighted by Gasteiger charge is 2.16. The fraction of sp³-hybridized carbons (Fsp3) is 0.231. The van der Waals surface area contributed by atoms with Gasteiger partial charge in [-0.1, -0.05) is 0 Å². The highest BCUT2D eigenvalue weighted by molar-refractivity contribution is 6.09. The average molecular weight is 263 g/mol. The van der Waals surface area contributed by atoms with Crippen molar-refractivity contribution in [3.8, 4) is 0 Å². The molecule has 1 aromatic heterocycles. The van der Waals surface area contributed by atoms with Gasteiger partial charge in [0.15, 0.2) is 0 Å². The van der Waals surface area contributed by atoms with E-state index in [2.05, 4.69) is 10.3 Å². The fourth-order valence-corrected chi connectivity index (χ4v) is 1.79. The maximum Gasteiger partial charge on any atom is 0.270 e. The number of hydrogen-bond donors (Lipinski definition) is 3. The number of nitrogens with one attached hydrogen (secondary N) is 1. The number of nitrogen functional groups attached to an aromatic ring is 1. The van der Waals surface area contributed by atoms with Crippen LogP contribution in [0.3, 0.4) is 0 Å². The number of aliphatic hydroxyl groups excluding tert-OH is 1. The Labute approximate surface area is 109 Å². The number of aromatic nitrogens is 1. The number of nitrogens with zero attached hydrogens (tertiary/aromatic N) is 1. The lowest BCUT2D eigenvalue weighted by Gasteiger charge is -2.10. The predicted molar refractivity (Wildman–Crippen MR) is 70.1 cm³/mol. The number of aliphatic hydroxyl groups is 1. The van der Waals surface area contributed by atoms with Crippen LogP contribution >= 0.6 is 0 Å². The number of carbonyl (C=O) groups is 1. The van der Waals surface area contributed by atoms with Crippen molar-refractivity contribution >= 4 is 22.4 Å². The number of nitrogens with two attached hydrogens (primary N) is 1. The van der Waals surface area contributed by atoms with Gasteiger partial charge in [0, 0.05) is 29.2 Å². The van der Waals surface area contributed by atoms with Crippen molar-refractivity contribution in [3.63, 3.8) is 0 Å². The first-order valence-electron chi connectivity index (χ1n) is 5.79. The Morgan fingerprint density at radius 2 is 2.26 bits per heavy atom. The fourth-order valence-electron chi connectivity index (χ4n) is 1.79. The number of rotatable bonds is 3. The number of anilines is 1. The maximum atomic E-state index is 13.7. The number of hydrogen-bond acceptors (Lipinski definition) is 4. The molecular formula is C13H14FN3O2. The van der Waals surface area contributed by atoms with E-state index in [1.165, 1.54) is 24.4 Å². The standard InChI is InChI=1S/C13H14FN3O2/c1-7(18)6-17-13(19)12-11-8(4-5-16-12)9(14)2-3-10(11)15/h2-5,7,18H,6,15H2,1H3,(H,17,19). The number of halogens is 1. The Hall–Kier alpha value is -2.21. The molecule has 1 heterocycles. The first kappa shape index (κ1) is 13.2. The summed E-state index contributed by atoms with van der Waals surface area (Å²) in [7, 11) is 0. The lowest BCUT2D eigenvalue weighted by molar-refractivity contribution is 0.0921.